The van der Waals surface area contributed by atoms with Gasteiger partial charge in [0.2, 0.25) is 0 Å². The minimum atomic E-state index is 0.817. The van der Waals surface area contributed by atoms with Crippen LogP contribution in [0, 0.1) is 0 Å². The predicted octanol–water partition coefficient (Wildman–Crippen LogP) is 2.60. The fraction of sp³-hybridized carbons (Fsp3) is 0.333. The largest absolute Gasteiger partial charge is 0.497 e. The Hall–Kier alpha value is -2.20. The van der Waals surface area contributed by atoms with Gasteiger partial charge in [0.1, 0.15) is 5.75 Å². The van der Waals surface area contributed by atoms with Crippen LogP contribution in [0.4, 0.5) is 11.4 Å². The van der Waals surface area contributed by atoms with E-state index in [0.717, 1.165) is 49.8 Å². The Labute approximate surface area is 132 Å². The van der Waals surface area contributed by atoms with Crippen LogP contribution < -0.4 is 15.4 Å². The number of benzene rings is 2. The van der Waals surface area contributed by atoms with Crippen molar-refractivity contribution in [3.05, 3.63) is 54.1 Å². The Morgan fingerprint density at radius 3 is 2.41 bits per heavy atom. The quantitative estimate of drug-likeness (QED) is 0.881. The third-order valence-corrected chi connectivity index (χ3v) is 4.20. The average molecular weight is 297 g/mol. The molecule has 4 nitrogen and oxygen atoms in total. The minimum Gasteiger partial charge on any atom is -0.497 e. The van der Waals surface area contributed by atoms with Gasteiger partial charge in [0.25, 0.3) is 0 Å². The van der Waals surface area contributed by atoms with Crippen LogP contribution in [0.25, 0.3) is 0 Å². The van der Waals surface area contributed by atoms with E-state index in [9.17, 15) is 0 Å². The molecule has 0 amide bonds. The molecule has 2 aromatic rings. The van der Waals surface area contributed by atoms with Crippen molar-refractivity contribution >= 4 is 11.4 Å². The number of nitrogens with two attached hydrogens (primary N) is 1. The molecule has 0 atom stereocenters. The Balaban J connectivity index is 1.62. The van der Waals surface area contributed by atoms with Gasteiger partial charge in [0.15, 0.2) is 0 Å². The van der Waals surface area contributed by atoms with Crippen molar-refractivity contribution in [3.63, 3.8) is 0 Å². The molecule has 2 aromatic carbocycles. The van der Waals surface area contributed by atoms with Gasteiger partial charge in [-0.2, -0.15) is 0 Å². The SMILES string of the molecule is COc1ccc(N)c(N2CCN(Cc3ccccc3)CC2)c1. The topological polar surface area (TPSA) is 41.7 Å². The lowest BCUT2D eigenvalue weighted by atomic mass is 10.1. The molecular formula is C18H23N3O. The van der Waals surface area contributed by atoms with Gasteiger partial charge in [-0.15, -0.1) is 0 Å². The highest BCUT2D eigenvalue weighted by molar-refractivity contribution is 5.69. The molecule has 0 unspecified atom stereocenters. The zero-order valence-corrected chi connectivity index (χ0v) is 13.0. The molecule has 0 spiro atoms. The molecule has 2 N–H and O–H groups in total. The van der Waals surface area contributed by atoms with Gasteiger partial charge in [-0.1, -0.05) is 30.3 Å². The van der Waals surface area contributed by atoms with Crippen LogP contribution in [0.1, 0.15) is 5.56 Å². The number of piperazine rings is 1. The first-order valence-corrected chi connectivity index (χ1v) is 7.71. The first-order valence-electron chi connectivity index (χ1n) is 7.71. The second-order valence-electron chi connectivity index (χ2n) is 5.67. The van der Waals surface area contributed by atoms with Crippen molar-refractivity contribution in [2.75, 3.05) is 43.9 Å². The van der Waals surface area contributed by atoms with Crippen molar-refractivity contribution in [2.45, 2.75) is 6.54 Å². The van der Waals surface area contributed by atoms with Crippen LogP contribution in [-0.2, 0) is 6.54 Å². The van der Waals surface area contributed by atoms with E-state index in [1.807, 2.05) is 18.2 Å². The summed E-state index contributed by atoms with van der Waals surface area (Å²) < 4.78 is 5.31. The second kappa shape index (κ2) is 6.71. The number of anilines is 2. The number of rotatable bonds is 4. The highest BCUT2D eigenvalue weighted by Gasteiger charge is 2.19. The van der Waals surface area contributed by atoms with Crippen LogP contribution >= 0.6 is 0 Å². The molecule has 0 saturated carbocycles. The lowest BCUT2D eigenvalue weighted by Gasteiger charge is -2.36. The van der Waals surface area contributed by atoms with Crippen molar-refractivity contribution in [1.82, 2.24) is 4.90 Å². The van der Waals surface area contributed by atoms with E-state index in [4.69, 9.17) is 10.5 Å². The van der Waals surface area contributed by atoms with Crippen LogP contribution in [0.15, 0.2) is 48.5 Å². The summed E-state index contributed by atoms with van der Waals surface area (Å²) >= 11 is 0. The first-order chi connectivity index (χ1) is 10.8. The predicted molar refractivity (Wildman–Crippen MR) is 91.3 cm³/mol. The molecule has 1 saturated heterocycles. The van der Waals surface area contributed by atoms with Crippen molar-refractivity contribution in [2.24, 2.45) is 0 Å². The lowest BCUT2D eigenvalue weighted by Crippen LogP contribution is -2.46. The summed E-state index contributed by atoms with van der Waals surface area (Å²) in [5.41, 5.74) is 9.39. The van der Waals surface area contributed by atoms with Crippen LogP contribution in [0.2, 0.25) is 0 Å². The van der Waals surface area contributed by atoms with Crippen molar-refractivity contribution in [3.8, 4) is 5.75 Å². The second-order valence-corrected chi connectivity index (χ2v) is 5.67. The molecule has 22 heavy (non-hydrogen) atoms. The van der Waals surface area contributed by atoms with Gasteiger partial charge < -0.3 is 15.4 Å². The van der Waals surface area contributed by atoms with E-state index in [-0.39, 0.29) is 0 Å². The van der Waals surface area contributed by atoms with Gasteiger partial charge in [-0.3, -0.25) is 4.90 Å². The smallest absolute Gasteiger partial charge is 0.121 e. The molecule has 0 radical (unpaired) electrons. The van der Waals surface area contributed by atoms with Crippen molar-refractivity contribution in [1.29, 1.82) is 0 Å². The first kappa shape index (κ1) is 14.7. The van der Waals surface area contributed by atoms with Gasteiger partial charge in [0.05, 0.1) is 18.5 Å². The Morgan fingerprint density at radius 1 is 1.00 bits per heavy atom. The molecule has 1 aliphatic heterocycles. The van der Waals surface area contributed by atoms with Crippen LogP contribution in [-0.4, -0.2) is 38.2 Å². The zero-order chi connectivity index (χ0) is 15.4. The summed E-state index contributed by atoms with van der Waals surface area (Å²) in [5, 5.41) is 0. The molecule has 0 aliphatic carbocycles. The maximum atomic E-state index is 6.12. The maximum Gasteiger partial charge on any atom is 0.121 e. The molecule has 0 bridgehead atoms. The molecule has 4 heteroatoms. The van der Waals surface area contributed by atoms with E-state index in [1.54, 1.807) is 7.11 Å². The van der Waals surface area contributed by atoms with E-state index in [1.165, 1.54) is 5.56 Å². The summed E-state index contributed by atoms with van der Waals surface area (Å²) in [6.07, 6.45) is 0. The van der Waals surface area contributed by atoms with E-state index < -0.39 is 0 Å². The zero-order valence-electron chi connectivity index (χ0n) is 13.0. The standard InChI is InChI=1S/C18H23N3O/c1-22-16-7-8-17(19)18(13-16)21-11-9-20(10-12-21)14-15-5-3-2-4-6-15/h2-8,13H,9-12,14,19H2,1H3. The van der Waals surface area contributed by atoms with E-state index >= 15 is 0 Å². The Morgan fingerprint density at radius 2 is 1.73 bits per heavy atom. The molecule has 3 rings (SSSR count). The summed E-state index contributed by atoms with van der Waals surface area (Å²) in [6, 6.07) is 16.5. The monoisotopic (exact) mass is 297 g/mol. The number of nitrogen functional groups attached to an aromatic ring is 1. The average Bonchev–Trinajstić information content (AvgIpc) is 2.57. The molecule has 1 aliphatic rings. The maximum absolute atomic E-state index is 6.12. The molecule has 1 fully saturated rings. The molecule has 0 aromatic heterocycles. The fourth-order valence-electron chi connectivity index (χ4n) is 2.91. The normalized spacial score (nSPS) is 15.8. The lowest BCUT2D eigenvalue weighted by molar-refractivity contribution is 0.250. The van der Waals surface area contributed by atoms with Crippen LogP contribution in [0.5, 0.6) is 5.75 Å². The highest BCUT2D eigenvalue weighted by atomic mass is 16.5. The van der Waals surface area contributed by atoms with E-state index in [0.29, 0.717) is 0 Å². The summed E-state index contributed by atoms with van der Waals surface area (Å²) in [7, 11) is 1.69. The molecule has 116 valence electrons. The number of ether oxygens (including phenoxy) is 1. The Bertz CT molecular complexity index is 607. The molecule has 1 heterocycles. The van der Waals surface area contributed by atoms with Gasteiger partial charge in [0, 0.05) is 38.8 Å². The fourth-order valence-corrected chi connectivity index (χ4v) is 2.91. The van der Waals surface area contributed by atoms with Crippen LogP contribution in [0.3, 0.4) is 0 Å². The summed E-state index contributed by atoms with van der Waals surface area (Å²) in [4.78, 5) is 4.83. The molecular weight excluding hydrogens is 274 g/mol. The van der Waals surface area contributed by atoms with E-state index in [2.05, 4.69) is 40.1 Å². The number of nitrogens with zero attached hydrogens (tertiary/aromatic N) is 2. The summed E-state index contributed by atoms with van der Waals surface area (Å²) in [5.74, 6) is 0.857. The minimum absolute atomic E-state index is 0.817. The summed E-state index contributed by atoms with van der Waals surface area (Å²) in [6.45, 7) is 5.09. The third-order valence-electron chi connectivity index (χ3n) is 4.20. The Kier molecular flexibility index (Phi) is 4.49. The van der Waals surface area contributed by atoms with Gasteiger partial charge in [-0.05, 0) is 17.7 Å². The number of hydrogen-bond acceptors (Lipinski definition) is 4. The number of hydrogen-bond donors (Lipinski definition) is 1. The third kappa shape index (κ3) is 3.34. The van der Waals surface area contributed by atoms with Gasteiger partial charge >= 0.3 is 0 Å². The number of methoxy groups -OCH3 is 1. The highest BCUT2D eigenvalue weighted by Crippen LogP contribution is 2.29. The van der Waals surface area contributed by atoms with Gasteiger partial charge in [-0.25, -0.2) is 0 Å². The van der Waals surface area contributed by atoms with Crippen molar-refractivity contribution < 1.29 is 4.74 Å².